The molecule has 4 heterocycles. The van der Waals surface area contributed by atoms with Gasteiger partial charge in [0.1, 0.15) is 22.7 Å². The maximum Gasteiger partial charge on any atom is 0.135 e. The van der Waals surface area contributed by atoms with Crippen molar-refractivity contribution in [2.75, 3.05) is 37.0 Å². The van der Waals surface area contributed by atoms with Gasteiger partial charge in [-0.1, -0.05) is 12.2 Å². The van der Waals surface area contributed by atoms with E-state index in [0.717, 1.165) is 58.6 Å². The molecule has 7 heteroatoms. The normalized spacial score (nSPS) is 18.0. The van der Waals surface area contributed by atoms with Gasteiger partial charge in [0.05, 0.1) is 37.2 Å². The third-order valence-electron chi connectivity index (χ3n) is 6.04. The van der Waals surface area contributed by atoms with Gasteiger partial charge in [-0.3, -0.25) is 0 Å². The van der Waals surface area contributed by atoms with E-state index < -0.39 is 0 Å². The van der Waals surface area contributed by atoms with Gasteiger partial charge in [-0.2, -0.15) is 5.26 Å². The zero-order chi connectivity index (χ0) is 22.7. The van der Waals surface area contributed by atoms with E-state index in [-0.39, 0.29) is 5.60 Å². The van der Waals surface area contributed by atoms with Crippen LogP contribution in [0.25, 0.3) is 6.08 Å². The van der Waals surface area contributed by atoms with E-state index in [1.54, 1.807) is 11.8 Å². The molecule has 0 saturated carbocycles. The number of rotatable bonds is 6. The number of anilines is 1. The van der Waals surface area contributed by atoms with Crippen molar-refractivity contribution in [3.05, 3.63) is 45.9 Å². The fourth-order valence-electron chi connectivity index (χ4n) is 4.34. The van der Waals surface area contributed by atoms with Gasteiger partial charge in [0, 0.05) is 36.4 Å². The van der Waals surface area contributed by atoms with Crippen LogP contribution in [-0.2, 0) is 28.9 Å². The van der Waals surface area contributed by atoms with Crippen LogP contribution in [0.3, 0.4) is 0 Å². The molecular formula is C25H31N3O3S. The Morgan fingerprint density at radius 1 is 1.28 bits per heavy atom. The molecule has 1 saturated heterocycles. The second-order valence-corrected chi connectivity index (χ2v) is 9.92. The third kappa shape index (κ3) is 4.73. The molecule has 170 valence electrons. The molecular weight excluding hydrogens is 422 g/mol. The third-order valence-corrected chi connectivity index (χ3v) is 7.01. The molecule has 2 aliphatic heterocycles. The van der Waals surface area contributed by atoms with Gasteiger partial charge in [0.25, 0.3) is 0 Å². The maximum atomic E-state index is 10.1. The lowest BCUT2D eigenvalue weighted by Gasteiger charge is -2.36. The minimum Gasteiger partial charge on any atom is -0.469 e. The van der Waals surface area contributed by atoms with E-state index in [9.17, 15) is 5.26 Å². The molecule has 32 heavy (non-hydrogen) atoms. The highest BCUT2D eigenvalue weighted by molar-refractivity contribution is 7.99. The van der Waals surface area contributed by atoms with Crippen molar-refractivity contribution in [3.63, 3.8) is 0 Å². The van der Waals surface area contributed by atoms with Gasteiger partial charge >= 0.3 is 0 Å². The van der Waals surface area contributed by atoms with Gasteiger partial charge in [0.15, 0.2) is 0 Å². The summed E-state index contributed by atoms with van der Waals surface area (Å²) in [5, 5.41) is 10.9. The Morgan fingerprint density at radius 2 is 2.06 bits per heavy atom. The van der Waals surface area contributed by atoms with Crippen molar-refractivity contribution < 1.29 is 13.9 Å². The Bertz CT molecular complexity index is 1050. The predicted octanol–water partition coefficient (Wildman–Crippen LogP) is 4.91. The Balaban J connectivity index is 1.64. The summed E-state index contributed by atoms with van der Waals surface area (Å²) in [5.74, 6) is 2.71. The predicted molar refractivity (Wildman–Crippen MR) is 127 cm³/mol. The Hall–Kier alpha value is -2.27. The highest BCUT2D eigenvalue weighted by Crippen LogP contribution is 2.39. The number of nitriles is 1. The van der Waals surface area contributed by atoms with E-state index in [2.05, 4.69) is 30.9 Å². The van der Waals surface area contributed by atoms with Crippen LogP contribution in [0.15, 0.2) is 21.8 Å². The molecule has 0 aromatic carbocycles. The van der Waals surface area contributed by atoms with Crippen LogP contribution in [0.1, 0.15) is 54.3 Å². The molecule has 1 fully saturated rings. The van der Waals surface area contributed by atoms with E-state index in [0.29, 0.717) is 31.8 Å². The lowest BCUT2D eigenvalue weighted by molar-refractivity contribution is -0.0402. The van der Waals surface area contributed by atoms with Crippen molar-refractivity contribution in [2.24, 2.45) is 0 Å². The van der Waals surface area contributed by atoms with Crippen LogP contribution in [0.5, 0.6) is 0 Å². The van der Waals surface area contributed by atoms with E-state index in [1.165, 1.54) is 5.56 Å². The molecule has 0 spiro atoms. The van der Waals surface area contributed by atoms with E-state index in [1.807, 2.05) is 26.2 Å². The van der Waals surface area contributed by atoms with Crippen LogP contribution < -0.4 is 4.90 Å². The molecule has 2 aromatic rings. The van der Waals surface area contributed by atoms with Crippen LogP contribution in [0.4, 0.5) is 5.82 Å². The maximum absolute atomic E-state index is 10.1. The van der Waals surface area contributed by atoms with Crippen molar-refractivity contribution in [1.29, 1.82) is 5.26 Å². The molecule has 0 radical (unpaired) electrons. The first-order chi connectivity index (χ1) is 15.4. The molecule has 0 bridgehead atoms. The number of fused-ring (bicyclic) bond motifs is 1. The molecule has 0 amide bonds. The molecule has 6 nitrogen and oxygen atoms in total. The molecule has 0 atom stereocenters. The standard InChI is InChI=1S/C25H31N3O3S/c1-5-6-19-17(2)30-15-18(19)7-12-32-24-21(14-26)20-13-25(3,4)31-16-22(20)23(27-24)28-8-10-29-11-9-28/h5-6,15H,7-13,16H2,1-4H3. The monoisotopic (exact) mass is 453 g/mol. The average Bonchev–Trinajstić information content (AvgIpc) is 3.12. The molecule has 2 aliphatic rings. The van der Waals surface area contributed by atoms with Crippen LogP contribution in [0.2, 0.25) is 0 Å². The summed E-state index contributed by atoms with van der Waals surface area (Å²) in [5.41, 5.74) is 4.91. The zero-order valence-corrected chi connectivity index (χ0v) is 20.2. The summed E-state index contributed by atoms with van der Waals surface area (Å²) in [6.45, 7) is 11.7. The average molecular weight is 454 g/mol. The summed E-state index contributed by atoms with van der Waals surface area (Å²) >= 11 is 1.66. The highest BCUT2D eigenvalue weighted by atomic mass is 32.2. The minimum absolute atomic E-state index is 0.292. The van der Waals surface area contributed by atoms with Crippen molar-refractivity contribution >= 4 is 23.7 Å². The second kappa shape index (κ2) is 9.70. The number of pyridine rings is 1. The van der Waals surface area contributed by atoms with Gasteiger partial charge in [-0.05, 0) is 45.2 Å². The number of furan rings is 1. The molecule has 0 unspecified atom stereocenters. The van der Waals surface area contributed by atoms with Crippen molar-refractivity contribution in [3.8, 4) is 6.07 Å². The smallest absolute Gasteiger partial charge is 0.135 e. The summed E-state index contributed by atoms with van der Waals surface area (Å²) in [4.78, 5) is 7.29. The number of ether oxygens (including phenoxy) is 2. The Labute approximate surface area is 194 Å². The first-order valence-corrected chi connectivity index (χ1v) is 12.2. The quantitative estimate of drug-likeness (QED) is 0.576. The Morgan fingerprint density at radius 3 is 2.78 bits per heavy atom. The number of nitrogens with zero attached hydrogens (tertiary/aromatic N) is 3. The summed E-state index contributed by atoms with van der Waals surface area (Å²) in [7, 11) is 0. The second-order valence-electron chi connectivity index (χ2n) is 8.84. The summed E-state index contributed by atoms with van der Waals surface area (Å²) in [6.07, 6.45) is 7.54. The van der Waals surface area contributed by atoms with Crippen LogP contribution in [-0.4, -0.2) is 42.6 Å². The summed E-state index contributed by atoms with van der Waals surface area (Å²) in [6, 6.07) is 2.46. The van der Waals surface area contributed by atoms with Gasteiger partial charge in [-0.25, -0.2) is 4.98 Å². The van der Waals surface area contributed by atoms with Crippen molar-refractivity contribution in [2.45, 2.75) is 57.8 Å². The van der Waals surface area contributed by atoms with E-state index >= 15 is 0 Å². The zero-order valence-electron chi connectivity index (χ0n) is 19.4. The summed E-state index contributed by atoms with van der Waals surface area (Å²) < 4.78 is 17.3. The number of hydrogen-bond acceptors (Lipinski definition) is 7. The first-order valence-electron chi connectivity index (χ1n) is 11.2. The molecule has 4 rings (SSSR count). The van der Waals surface area contributed by atoms with Gasteiger partial charge in [0.2, 0.25) is 0 Å². The number of allylic oxidation sites excluding steroid dienone is 1. The largest absolute Gasteiger partial charge is 0.469 e. The fraction of sp³-hybridized carbons (Fsp3) is 0.520. The van der Waals surface area contributed by atoms with Crippen LogP contribution >= 0.6 is 11.8 Å². The Kier molecular flexibility index (Phi) is 6.94. The number of morpholine rings is 1. The van der Waals surface area contributed by atoms with Gasteiger partial charge in [-0.15, -0.1) is 11.8 Å². The SMILES string of the molecule is CC=Cc1c(CCSc2nc(N3CCOCC3)c3c(c2C#N)CC(C)(C)OC3)coc1C. The topological polar surface area (TPSA) is 71.5 Å². The molecule has 2 aromatic heterocycles. The molecule has 0 N–H and O–H groups in total. The number of aromatic nitrogens is 1. The lowest BCUT2D eigenvalue weighted by Crippen LogP contribution is -2.39. The number of aryl methyl sites for hydroxylation is 2. The van der Waals surface area contributed by atoms with E-state index in [4.69, 9.17) is 18.9 Å². The highest BCUT2D eigenvalue weighted by Gasteiger charge is 2.33. The number of thioether (sulfide) groups is 1. The first kappa shape index (κ1) is 22.9. The van der Waals surface area contributed by atoms with Gasteiger partial charge < -0.3 is 18.8 Å². The number of hydrogen-bond donors (Lipinski definition) is 0. The molecule has 0 aliphatic carbocycles. The lowest BCUT2D eigenvalue weighted by atomic mass is 9.89. The van der Waals surface area contributed by atoms with Crippen LogP contribution in [0, 0.1) is 18.3 Å². The minimum atomic E-state index is -0.292. The van der Waals surface area contributed by atoms with Crippen molar-refractivity contribution in [1.82, 2.24) is 4.98 Å². The fourth-order valence-corrected chi connectivity index (χ4v) is 5.32.